The van der Waals surface area contributed by atoms with Gasteiger partial charge in [0.15, 0.2) is 0 Å². The summed E-state index contributed by atoms with van der Waals surface area (Å²) in [5.41, 5.74) is 3.05. The van der Waals surface area contributed by atoms with E-state index in [9.17, 15) is 0 Å². The van der Waals surface area contributed by atoms with E-state index in [4.69, 9.17) is 0 Å². The zero-order valence-electron chi connectivity index (χ0n) is 6.28. The minimum Gasteiger partial charge on any atom is -0.109 e. The zero-order valence-corrected chi connectivity index (χ0v) is 6.28. The van der Waals surface area contributed by atoms with E-state index in [1.165, 1.54) is 30.3 Å². The molecule has 0 N–H and O–H groups in total. The second-order valence-corrected chi connectivity index (χ2v) is 2.66. The van der Waals surface area contributed by atoms with Crippen LogP contribution in [0.15, 0.2) is 23.2 Å². The third-order valence-electron chi connectivity index (χ3n) is 1.79. The molecule has 0 heterocycles. The van der Waals surface area contributed by atoms with Crippen molar-refractivity contribution in [1.29, 1.82) is 0 Å². The lowest BCUT2D eigenvalue weighted by Gasteiger charge is -2.07. The third kappa shape index (κ3) is 1.74. The van der Waals surface area contributed by atoms with Crippen LogP contribution in [0, 0.1) is 0 Å². The number of hydrogen-bond acceptors (Lipinski definition) is 0. The van der Waals surface area contributed by atoms with Crippen molar-refractivity contribution in [3.05, 3.63) is 23.2 Å². The summed E-state index contributed by atoms with van der Waals surface area (Å²) in [6.45, 7) is 2.21. The molecule has 9 heavy (non-hydrogen) atoms. The van der Waals surface area contributed by atoms with Crippen LogP contribution in [0.3, 0.4) is 0 Å². The minimum absolute atomic E-state index is 1.19. The Morgan fingerprint density at radius 1 is 1.67 bits per heavy atom. The molecule has 0 fully saturated rings. The molecule has 0 radical (unpaired) electrons. The normalized spacial score (nSPS) is 18.8. The summed E-state index contributed by atoms with van der Waals surface area (Å²) in [4.78, 5) is 0. The molecule has 1 rings (SSSR count). The van der Waals surface area contributed by atoms with E-state index in [0.29, 0.717) is 0 Å². The lowest BCUT2D eigenvalue weighted by atomic mass is 9.85. The molecule has 1 heteroatoms. The number of allylic oxidation sites excluding steroid dienone is 4. The predicted octanol–water partition coefficient (Wildman–Crippen LogP) is 1.63. The fourth-order valence-corrected chi connectivity index (χ4v) is 1.18. The maximum absolute atomic E-state index is 2.34. The van der Waals surface area contributed by atoms with E-state index in [1.54, 1.807) is 0 Å². The van der Waals surface area contributed by atoms with Crippen molar-refractivity contribution in [2.45, 2.75) is 26.2 Å². The summed E-state index contributed by atoms with van der Waals surface area (Å²) in [6, 6.07) is 0. The molecule has 0 nitrogen and oxygen atoms in total. The minimum atomic E-state index is 1.19. The van der Waals surface area contributed by atoms with Gasteiger partial charge in [0.2, 0.25) is 0 Å². The molecule has 0 saturated carbocycles. The van der Waals surface area contributed by atoms with Crippen LogP contribution < -0.4 is 0 Å². The highest BCUT2D eigenvalue weighted by Crippen LogP contribution is 2.16. The molecule has 0 bridgehead atoms. The summed E-state index contributed by atoms with van der Waals surface area (Å²) >= 11 is 0. The van der Waals surface area contributed by atoms with Gasteiger partial charge in [-0.25, -0.2) is 0 Å². The molecular formula is C8H13B. The Labute approximate surface area is 58.1 Å². The maximum Gasteiger partial charge on any atom is 0.133 e. The van der Waals surface area contributed by atoms with Crippen molar-refractivity contribution < 1.29 is 0 Å². The Kier molecular flexibility index (Phi) is 2.15. The van der Waals surface area contributed by atoms with Crippen LogP contribution in [0.2, 0.25) is 0 Å². The third-order valence-corrected chi connectivity index (χ3v) is 1.79. The first-order valence-corrected chi connectivity index (χ1v) is 3.69. The standard InChI is InChI=1S/C8H13B/c1-2-7-4-3-5-8(9)6-7/h4,6H,2-3,5,9H2,1H3. The Morgan fingerprint density at radius 3 is 2.89 bits per heavy atom. The second-order valence-electron chi connectivity index (χ2n) is 2.66. The molecule has 1 aliphatic rings. The molecule has 0 aliphatic heterocycles. The first-order valence-electron chi connectivity index (χ1n) is 3.69. The van der Waals surface area contributed by atoms with E-state index in [2.05, 4.69) is 26.9 Å². The summed E-state index contributed by atoms with van der Waals surface area (Å²) in [6.07, 6.45) is 8.36. The molecule has 0 aromatic heterocycles. The van der Waals surface area contributed by atoms with E-state index in [-0.39, 0.29) is 0 Å². The zero-order chi connectivity index (χ0) is 6.69. The Hall–Kier alpha value is -0.455. The van der Waals surface area contributed by atoms with E-state index in [0.717, 1.165) is 0 Å². The highest BCUT2D eigenvalue weighted by molar-refractivity contribution is 6.21. The Balaban J connectivity index is 2.63. The monoisotopic (exact) mass is 120 g/mol. The molecule has 0 spiro atoms. The molecular weight excluding hydrogens is 107 g/mol. The molecule has 48 valence electrons. The van der Waals surface area contributed by atoms with Crippen molar-refractivity contribution in [3.8, 4) is 0 Å². The fraction of sp³-hybridized carbons (Fsp3) is 0.500. The van der Waals surface area contributed by atoms with Gasteiger partial charge in [-0.3, -0.25) is 0 Å². The Morgan fingerprint density at radius 2 is 2.44 bits per heavy atom. The average Bonchev–Trinajstić information content (AvgIpc) is 1.88. The average molecular weight is 120 g/mol. The highest BCUT2D eigenvalue weighted by Gasteiger charge is 1.97. The fourth-order valence-electron chi connectivity index (χ4n) is 1.18. The molecule has 0 amide bonds. The first kappa shape index (κ1) is 6.66. The van der Waals surface area contributed by atoms with Crippen LogP contribution in [-0.2, 0) is 0 Å². The van der Waals surface area contributed by atoms with Gasteiger partial charge in [-0.15, -0.1) is 5.47 Å². The molecule has 0 saturated heterocycles. The summed E-state index contributed by atoms with van der Waals surface area (Å²) < 4.78 is 0. The summed E-state index contributed by atoms with van der Waals surface area (Å²) in [5.74, 6) is 0. The predicted molar refractivity (Wildman–Crippen MR) is 44.2 cm³/mol. The molecule has 0 aromatic rings. The SMILES string of the molecule is BC1=CC(CC)=CCC1. The first-order chi connectivity index (χ1) is 4.33. The van der Waals surface area contributed by atoms with Crippen LogP contribution in [0.25, 0.3) is 0 Å². The molecule has 0 atom stereocenters. The van der Waals surface area contributed by atoms with Gasteiger partial charge >= 0.3 is 0 Å². The van der Waals surface area contributed by atoms with Crippen LogP contribution >= 0.6 is 0 Å². The van der Waals surface area contributed by atoms with Gasteiger partial charge in [0.25, 0.3) is 0 Å². The van der Waals surface area contributed by atoms with Crippen LogP contribution in [-0.4, -0.2) is 7.85 Å². The van der Waals surface area contributed by atoms with Gasteiger partial charge in [0, 0.05) is 0 Å². The van der Waals surface area contributed by atoms with Crippen molar-refractivity contribution >= 4 is 7.85 Å². The number of hydrogen-bond donors (Lipinski definition) is 0. The largest absolute Gasteiger partial charge is 0.133 e. The quantitative estimate of drug-likeness (QED) is 0.461. The van der Waals surface area contributed by atoms with E-state index in [1.807, 2.05) is 0 Å². The van der Waals surface area contributed by atoms with Crippen LogP contribution in [0.1, 0.15) is 26.2 Å². The van der Waals surface area contributed by atoms with E-state index < -0.39 is 0 Å². The van der Waals surface area contributed by atoms with Crippen molar-refractivity contribution in [2.24, 2.45) is 0 Å². The summed E-state index contributed by atoms with van der Waals surface area (Å²) in [7, 11) is 2.21. The second kappa shape index (κ2) is 2.91. The van der Waals surface area contributed by atoms with Gasteiger partial charge in [-0.2, -0.15) is 0 Å². The van der Waals surface area contributed by atoms with Gasteiger partial charge in [-0.05, 0) is 19.3 Å². The molecule has 1 aliphatic carbocycles. The maximum atomic E-state index is 2.34. The Bertz CT molecular complexity index is 154. The molecule has 0 aromatic carbocycles. The summed E-state index contributed by atoms with van der Waals surface area (Å²) in [5, 5.41) is 0. The van der Waals surface area contributed by atoms with Gasteiger partial charge in [-0.1, -0.05) is 24.6 Å². The van der Waals surface area contributed by atoms with Crippen molar-refractivity contribution in [3.63, 3.8) is 0 Å². The van der Waals surface area contributed by atoms with Crippen molar-refractivity contribution in [1.82, 2.24) is 0 Å². The lowest BCUT2D eigenvalue weighted by Crippen LogP contribution is -1.90. The molecule has 0 unspecified atom stereocenters. The van der Waals surface area contributed by atoms with Crippen molar-refractivity contribution in [2.75, 3.05) is 0 Å². The van der Waals surface area contributed by atoms with Gasteiger partial charge in [0.05, 0.1) is 0 Å². The van der Waals surface area contributed by atoms with Crippen LogP contribution in [0.4, 0.5) is 0 Å². The highest BCUT2D eigenvalue weighted by atomic mass is 14.0. The van der Waals surface area contributed by atoms with Gasteiger partial charge in [0.1, 0.15) is 7.85 Å². The van der Waals surface area contributed by atoms with Gasteiger partial charge < -0.3 is 0 Å². The van der Waals surface area contributed by atoms with Crippen LogP contribution in [0.5, 0.6) is 0 Å². The van der Waals surface area contributed by atoms with E-state index >= 15 is 0 Å². The number of rotatable bonds is 1. The topological polar surface area (TPSA) is 0 Å². The smallest absolute Gasteiger partial charge is 0.109 e. The lowest BCUT2D eigenvalue weighted by molar-refractivity contribution is 0.969.